The zero-order valence-corrected chi connectivity index (χ0v) is 17.6. The molecule has 0 spiro atoms. The van der Waals surface area contributed by atoms with Crippen LogP contribution in [0.2, 0.25) is 0 Å². The lowest BCUT2D eigenvalue weighted by Gasteiger charge is -2.06. The van der Waals surface area contributed by atoms with Crippen LogP contribution >= 0.6 is 0 Å². The number of hydrazine groups is 1. The Kier molecular flexibility index (Phi) is 4.78. The van der Waals surface area contributed by atoms with Crippen molar-refractivity contribution in [3.63, 3.8) is 0 Å². The fourth-order valence-electron chi connectivity index (χ4n) is 4.19. The topological polar surface area (TPSA) is 122 Å². The zero-order chi connectivity index (χ0) is 23.1. The number of H-pyrrole nitrogens is 1. The van der Waals surface area contributed by atoms with Crippen LogP contribution < -0.4 is 10.9 Å². The first-order chi connectivity index (χ1) is 16.0. The molecule has 0 atom stereocenters. The molecule has 164 valence electrons. The van der Waals surface area contributed by atoms with Gasteiger partial charge in [-0.1, -0.05) is 24.3 Å². The van der Waals surface area contributed by atoms with Crippen LogP contribution in [0.3, 0.4) is 0 Å². The Bertz CT molecular complexity index is 1560. The highest BCUT2D eigenvalue weighted by Crippen LogP contribution is 2.34. The second-order valence-corrected chi connectivity index (χ2v) is 7.58. The van der Waals surface area contributed by atoms with Crippen LogP contribution in [0.25, 0.3) is 32.7 Å². The largest absolute Gasteiger partial charge is 0.350 e. The molecular weight excluding hydrogens is 422 g/mol. The number of carbonyl (C=O) groups is 2. The van der Waals surface area contributed by atoms with Crippen LogP contribution in [-0.2, 0) is 6.54 Å². The van der Waals surface area contributed by atoms with E-state index in [1.807, 2.05) is 24.3 Å². The molecule has 5 aromatic rings. The summed E-state index contributed by atoms with van der Waals surface area (Å²) in [5.74, 6) is -1.09. The number of aryl methyl sites for hydroxylation is 1. The van der Waals surface area contributed by atoms with Gasteiger partial charge in [-0.3, -0.25) is 30.6 Å². The number of aromatic nitrogens is 2. The third-order valence-electron chi connectivity index (χ3n) is 5.72. The number of non-ortho nitro benzene ring substituents is 1. The van der Waals surface area contributed by atoms with Gasteiger partial charge in [-0.05, 0) is 37.3 Å². The highest BCUT2D eigenvalue weighted by Gasteiger charge is 2.17. The number of nitro benzene ring substituents is 1. The van der Waals surface area contributed by atoms with Gasteiger partial charge in [-0.2, -0.15) is 0 Å². The van der Waals surface area contributed by atoms with Crippen molar-refractivity contribution in [2.24, 2.45) is 0 Å². The molecule has 0 aliphatic heterocycles. The van der Waals surface area contributed by atoms with E-state index in [1.165, 1.54) is 24.3 Å². The van der Waals surface area contributed by atoms with Crippen LogP contribution in [0.4, 0.5) is 5.69 Å². The summed E-state index contributed by atoms with van der Waals surface area (Å²) in [5.41, 5.74) is 8.14. The number of nitro groups is 1. The Morgan fingerprint density at radius 3 is 2.42 bits per heavy atom. The second-order valence-electron chi connectivity index (χ2n) is 7.58. The number of hydrogen-bond donors (Lipinski definition) is 3. The minimum Gasteiger partial charge on any atom is -0.350 e. The summed E-state index contributed by atoms with van der Waals surface area (Å²) in [4.78, 5) is 38.4. The van der Waals surface area contributed by atoms with E-state index in [-0.39, 0.29) is 11.3 Å². The van der Waals surface area contributed by atoms with Gasteiger partial charge in [0.2, 0.25) is 0 Å². The number of para-hydroxylation sites is 1. The Morgan fingerprint density at radius 2 is 1.70 bits per heavy atom. The number of hydrogen-bond acceptors (Lipinski definition) is 4. The Labute approximate surface area is 187 Å². The first-order valence-corrected chi connectivity index (χ1v) is 10.4. The molecule has 3 aromatic carbocycles. The van der Waals surface area contributed by atoms with Crippen molar-refractivity contribution in [2.45, 2.75) is 13.5 Å². The van der Waals surface area contributed by atoms with Crippen molar-refractivity contribution >= 4 is 50.2 Å². The zero-order valence-electron chi connectivity index (χ0n) is 17.6. The monoisotopic (exact) mass is 441 g/mol. The van der Waals surface area contributed by atoms with Crippen LogP contribution in [-0.4, -0.2) is 26.3 Å². The maximum absolute atomic E-state index is 12.7. The number of nitrogens with one attached hydrogen (secondary N) is 3. The van der Waals surface area contributed by atoms with Crippen molar-refractivity contribution in [2.75, 3.05) is 0 Å². The van der Waals surface area contributed by atoms with Gasteiger partial charge in [0.25, 0.3) is 17.5 Å². The molecule has 0 aliphatic rings. The molecule has 0 fully saturated rings. The van der Waals surface area contributed by atoms with Gasteiger partial charge in [-0.15, -0.1) is 0 Å². The van der Waals surface area contributed by atoms with Crippen LogP contribution in [0.1, 0.15) is 27.8 Å². The van der Waals surface area contributed by atoms with Gasteiger partial charge in [0, 0.05) is 45.9 Å². The minimum atomic E-state index is -0.581. The summed E-state index contributed by atoms with van der Waals surface area (Å²) >= 11 is 0. The van der Waals surface area contributed by atoms with E-state index < -0.39 is 16.7 Å². The van der Waals surface area contributed by atoms with Gasteiger partial charge in [0.05, 0.1) is 16.0 Å². The number of carbonyl (C=O) groups excluding carboxylic acids is 2. The van der Waals surface area contributed by atoms with Gasteiger partial charge < -0.3 is 9.55 Å². The third kappa shape index (κ3) is 3.35. The van der Waals surface area contributed by atoms with Crippen molar-refractivity contribution in [1.29, 1.82) is 0 Å². The summed E-state index contributed by atoms with van der Waals surface area (Å²) in [6.45, 7) is 2.91. The van der Waals surface area contributed by atoms with Crippen LogP contribution in [0, 0.1) is 10.1 Å². The highest BCUT2D eigenvalue weighted by molar-refractivity contribution is 6.20. The predicted octanol–water partition coefficient (Wildman–Crippen LogP) is 4.28. The van der Waals surface area contributed by atoms with E-state index in [2.05, 4.69) is 39.5 Å². The fourth-order valence-corrected chi connectivity index (χ4v) is 4.19. The van der Waals surface area contributed by atoms with E-state index in [0.29, 0.717) is 5.69 Å². The van der Waals surface area contributed by atoms with Crippen molar-refractivity contribution in [1.82, 2.24) is 20.4 Å². The Morgan fingerprint density at radius 1 is 0.970 bits per heavy atom. The number of nitrogens with zero attached hydrogens (tertiary/aromatic N) is 2. The SMILES string of the molecule is CCn1c2ccccc2c2c3[nH]c(C(=O)NNC(=O)c4ccc([N+](=O)[O-])cc4)cc3ccc21. The molecule has 3 N–H and O–H groups in total. The van der Waals surface area contributed by atoms with Gasteiger partial charge in [-0.25, -0.2) is 0 Å². The summed E-state index contributed by atoms with van der Waals surface area (Å²) in [5, 5.41) is 13.8. The maximum Gasteiger partial charge on any atom is 0.286 e. The molecule has 2 aromatic heterocycles. The minimum absolute atomic E-state index is 0.121. The van der Waals surface area contributed by atoms with Crippen molar-refractivity contribution < 1.29 is 14.5 Å². The number of benzene rings is 3. The first-order valence-electron chi connectivity index (χ1n) is 10.4. The molecule has 2 heterocycles. The molecule has 0 saturated heterocycles. The summed E-state index contributed by atoms with van der Waals surface area (Å²) in [6.07, 6.45) is 0. The number of rotatable bonds is 4. The van der Waals surface area contributed by atoms with Crippen molar-refractivity contribution in [3.8, 4) is 0 Å². The molecule has 0 unspecified atom stereocenters. The number of fused-ring (bicyclic) bond motifs is 5. The molecule has 0 saturated carbocycles. The average molecular weight is 441 g/mol. The predicted molar refractivity (Wildman–Crippen MR) is 125 cm³/mol. The van der Waals surface area contributed by atoms with Crippen LogP contribution in [0.15, 0.2) is 66.7 Å². The van der Waals surface area contributed by atoms with Crippen LogP contribution in [0.5, 0.6) is 0 Å². The summed E-state index contributed by atoms with van der Waals surface area (Å²) in [6, 6.07) is 19.0. The maximum atomic E-state index is 12.7. The van der Waals surface area contributed by atoms with E-state index in [4.69, 9.17) is 0 Å². The second kappa shape index (κ2) is 7.79. The Hall–Kier alpha value is -4.66. The normalized spacial score (nSPS) is 11.2. The van der Waals surface area contributed by atoms with E-state index in [1.54, 1.807) is 6.07 Å². The summed E-state index contributed by atoms with van der Waals surface area (Å²) in [7, 11) is 0. The van der Waals surface area contributed by atoms with Gasteiger partial charge in [0.15, 0.2) is 0 Å². The molecule has 5 rings (SSSR count). The van der Waals surface area contributed by atoms with Gasteiger partial charge >= 0.3 is 0 Å². The molecule has 0 bridgehead atoms. The number of aromatic amines is 1. The molecule has 33 heavy (non-hydrogen) atoms. The van der Waals surface area contributed by atoms with Gasteiger partial charge in [0.1, 0.15) is 5.69 Å². The highest BCUT2D eigenvalue weighted by atomic mass is 16.6. The lowest BCUT2D eigenvalue weighted by molar-refractivity contribution is -0.384. The molecule has 0 aliphatic carbocycles. The molecule has 2 amide bonds. The standard InChI is InChI=1S/C24H19N5O4/c1-2-28-19-6-4-3-5-17(19)21-20(28)12-9-15-13-18(25-22(15)21)24(31)27-26-23(30)14-7-10-16(11-8-14)29(32)33/h3-13,25H,2H2,1H3,(H,26,30)(H,27,31). The third-order valence-corrected chi connectivity index (χ3v) is 5.72. The molecule has 9 heteroatoms. The lowest BCUT2D eigenvalue weighted by atomic mass is 10.1. The fraction of sp³-hybridized carbons (Fsp3) is 0.0833. The summed E-state index contributed by atoms with van der Waals surface area (Å²) < 4.78 is 2.23. The van der Waals surface area contributed by atoms with E-state index in [0.717, 1.165) is 39.3 Å². The van der Waals surface area contributed by atoms with E-state index in [9.17, 15) is 19.7 Å². The lowest BCUT2D eigenvalue weighted by Crippen LogP contribution is -2.41. The molecule has 0 radical (unpaired) electrons. The van der Waals surface area contributed by atoms with Crippen molar-refractivity contribution in [3.05, 3.63) is 88.1 Å². The average Bonchev–Trinajstić information content (AvgIpc) is 3.41. The first kappa shape index (κ1) is 20.3. The quantitative estimate of drug-likeness (QED) is 0.285. The number of amides is 2. The molecular formula is C24H19N5O4. The smallest absolute Gasteiger partial charge is 0.286 e. The van der Waals surface area contributed by atoms with E-state index >= 15 is 0 Å². The Balaban J connectivity index is 1.43. The molecule has 9 nitrogen and oxygen atoms in total.